The minimum absolute atomic E-state index is 0.0467. The summed E-state index contributed by atoms with van der Waals surface area (Å²) in [7, 11) is 0. The lowest BCUT2D eigenvalue weighted by molar-refractivity contribution is -0.122. The molecule has 2 unspecified atom stereocenters. The summed E-state index contributed by atoms with van der Waals surface area (Å²) in [5, 5.41) is 7.22. The number of fused-ring (bicyclic) bond motifs is 1. The number of hydrogen-bond acceptors (Lipinski definition) is 5. The molecular formula is C16H23N5O2. The van der Waals surface area contributed by atoms with E-state index >= 15 is 0 Å². The number of nitrogens with one attached hydrogen (secondary N) is 1. The zero-order valence-corrected chi connectivity index (χ0v) is 13.9. The van der Waals surface area contributed by atoms with Crippen LogP contribution in [-0.2, 0) is 16.0 Å². The second-order valence-electron chi connectivity index (χ2n) is 6.14. The van der Waals surface area contributed by atoms with Gasteiger partial charge in [0.25, 0.3) is 5.78 Å². The number of rotatable bonds is 5. The molecular weight excluding hydrogens is 294 g/mol. The predicted octanol–water partition coefficient (Wildman–Crippen LogP) is 1.36. The third-order valence-electron chi connectivity index (χ3n) is 4.50. The highest BCUT2D eigenvalue weighted by atomic mass is 16.5. The summed E-state index contributed by atoms with van der Waals surface area (Å²) in [6.45, 7) is 6.74. The van der Waals surface area contributed by atoms with Gasteiger partial charge >= 0.3 is 0 Å². The van der Waals surface area contributed by atoms with E-state index in [2.05, 4.69) is 20.4 Å². The van der Waals surface area contributed by atoms with Crippen LogP contribution in [-0.4, -0.2) is 44.2 Å². The summed E-state index contributed by atoms with van der Waals surface area (Å²) < 4.78 is 7.33. The highest BCUT2D eigenvalue weighted by Gasteiger charge is 2.23. The van der Waals surface area contributed by atoms with E-state index < -0.39 is 0 Å². The van der Waals surface area contributed by atoms with Crippen LogP contribution >= 0.6 is 0 Å². The van der Waals surface area contributed by atoms with Gasteiger partial charge in [-0.2, -0.15) is 10.1 Å². The van der Waals surface area contributed by atoms with Crippen LogP contribution in [0, 0.1) is 13.8 Å². The molecule has 2 aromatic rings. The first-order valence-electron chi connectivity index (χ1n) is 8.13. The second-order valence-corrected chi connectivity index (χ2v) is 6.14. The zero-order valence-electron chi connectivity index (χ0n) is 13.9. The molecule has 0 spiro atoms. The Labute approximate surface area is 135 Å². The average molecular weight is 317 g/mol. The van der Waals surface area contributed by atoms with Crippen molar-refractivity contribution in [1.82, 2.24) is 24.9 Å². The van der Waals surface area contributed by atoms with Gasteiger partial charge in [0.1, 0.15) is 6.33 Å². The monoisotopic (exact) mass is 317 g/mol. The van der Waals surface area contributed by atoms with E-state index in [4.69, 9.17) is 4.74 Å². The van der Waals surface area contributed by atoms with E-state index in [1.54, 1.807) is 4.52 Å². The molecule has 7 nitrogen and oxygen atoms in total. The summed E-state index contributed by atoms with van der Waals surface area (Å²) in [6.07, 6.45) is 4.81. The highest BCUT2D eigenvalue weighted by molar-refractivity contribution is 5.76. The maximum Gasteiger partial charge on any atom is 0.252 e. The molecule has 23 heavy (non-hydrogen) atoms. The fourth-order valence-electron chi connectivity index (χ4n) is 3.17. The first kappa shape index (κ1) is 15.9. The smallest absolute Gasteiger partial charge is 0.252 e. The number of ether oxygens (including phenoxy) is 1. The van der Waals surface area contributed by atoms with Crippen molar-refractivity contribution in [3.63, 3.8) is 0 Å². The molecule has 0 radical (unpaired) electrons. The van der Waals surface area contributed by atoms with Crippen LogP contribution in [0.15, 0.2) is 6.33 Å². The first-order chi connectivity index (χ1) is 11.1. The lowest BCUT2D eigenvalue weighted by Gasteiger charge is -2.20. The predicted molar refractivity (Wildman–Crippen MR) is 85.2 cm³/mol. The van der Waals surface area contributed by atoms with Crippen molar-refractivity contribution in [2.24, 2.45) is 0 Å². The number of aryl methyl sites for hydroxylation is 2. The Morgan fingerprint density at radius 1 is 1.52 bits per heavy atom. The summed E-state index contributed by atoms with van der Waals surface area (Å²) in [4.78, 5) is 20.7. The molecule has 0 saturated carbocycles. The number of hydrogen-bond donors (Lipinski definition) is 1. The van der Waals surface area contributed by atoms with Crippen LogP contribution < -0.4 is 5.32 Å². The van der Waals surface area contributed by atoms with E-state index in [0.717, 1.165) is 36.4 Å². The fourth-order valence-corrected chi connectivity index (χ4v) is 3.17. The lowest BCUT2D eigenvalue weighted by Crippen LogP contribution is -2.40. The van der Waals surface area contributed by atoms with Crippen LogP contribution in [0.25, 0.3) is 5.78 Å². The summed E-state index contributed by atoms with van der Waals surface area (Å²) in [5.74, 6) is 0.644. The minimum Gasteiger partial charge on any atom is -0.376 e. The largest absolute Gasteiger partial charge is 0.376 e. The Bertz CT molecular complexity index is 706. The van der Waals surface area contributed by atoms with E-state index in [0.29, 0.717) is 18.6 Å². The molecule has 0 aromatic carbocycles. The van der Waals surface area contributed by atoms with Gasteiger partial charge in [0.05, 0.1) is 12.1 Å². The third-order valence-corrected chi connectivity index (χ3v) is 4.50. The second kappa shape index (κ2) is 6.62. The van der Waals surface area contributed by atoms with Crippen LogP contribution in [0.5, 0.6) is 0 Å². The van der Waals surface area contributed by atoms with E-state index in [1.165, 1.54) is 6.33 Å². The normalized spacial score (nSPS) is 19.2. The van der Waals surface area contributed by atoms with Crippen molar-refractivity contribution < 1.29 is 9.53 Å². The molecule has 1 N–H and O–H groups in total. The van der Waals surface area contributed by atoms with E-state index in [-0.39, 0.29) is 18.1 Å². The fraction of sp³-hybridized carbons (Fsp3) is 0.625. The molecule has 0 aliphatic carbocycles. The van der Waals surface area contributed by atoms with Gasteiger partial charge < -0.3 is 10.1 Å². The van der Waals surface area contributed by atoms with E-state index in [1.807, 2.05) is 20.8 Å². The Hall–Kier alpha value is -2.02. The van der Waals surface area contributed by atoms with Crippen molar-refractivity contribution >= 4 is 11.7 Å². The molecule has 7 heteroatoms. The van der Waals surface area contributed by atoms with Crippen molar-refractivity contribution in [3.05, 3.63) is 23.3 Å². The number of carbonyl (C=O) groups is 1. The minimum atomic E-state index is 0.0467. The number of nitrogens with zero attached hydrogens (tertiary/aromatic N) is 4. The molecule has 1 amide bonds. The lowest BCUT2D eigenvalue weighted by atomic mass is 10.1. The Morgan fingerprint density at radius 3 is 3.09 bits per heavy atom. The highest BCUT2D eigenvalue weighted by Crippen LogP contribution is 2.17. The van der Waals surface area contributed by atoms with Gasteiger partial charge in [0.15, 0.2) is 0 Å². The molecule has 1 aliphatic heterocycles. The summed E-state index contributed by atoms with van der Waals surface area (Å²) in [6, 6.07) is 0.0584. The first-order valence-corrected chi connectivity index (χ1v) is 8.13. The third kappa shape index (κ3) is 3.34. The Kier molecular flexibility index (Phi) is 4.56. The molecule has 0 bridgehead atoms. The number of amides is 1. The molecule has 3 heterocycles. The maximum absolute atomic E-state index is 12.2. The standard InChI is InChI=1S/C16H23N5O2/c1-10-13(12(3)21-16(20-10)17-9-18-21)6-7-15(22)19-11(2)14-5-4-8-23-14/h9,11,14H,4-8H2,1-3H3,(H,19,22). The molecule has 124 valence electrons. The van der Waals surface area contributed by atoms with Gasteiger partial charge in [-0.1, -0.05) is 0 Å². The van der Waals surface area contributed by atoms with Gasteiger partial charge in [-0.3, -0.25) is 4.79 Å². The molecule has 1 fully saturated rings. The summed E-state index contributed by atoms with van der Waals surface area (Å²) in [5.41, 5.74) is 2.95. The zero-order chi connectivity index (χ0) is 16.4. The number of carbonyl (C=O) groups excluding carboxylic acids is 1. The maximum atomic E-state index is 12.2. The summed E-state index contributed by atoms with van der Waals surface area (Å²) >= 11 is 0. The number of aromatic nitrogens is 4. The van der Waals surface area contributed by atoms with Gasteiger partial charge in [-0.15, -0.1) is 0 Å². The van der Waals surface area contributed by atoms with Crippen molar-refractivity contribution in [3.8, 4) is 0 Å². The topological polar surface area (TPSA) is 81.4 Å². The van der Waals surface area contributed by atoms with E-state index in [9.17, 15) is 4.79 Å². The SMILES string of the molecule is Cc1nc2ncnn2c(C)c1CCC(=O)NC(C)C1CCCO1. The van der Waals surface area contributed by atoms with Gasteiger partial charge in [-0.05, 0) is 45.6 Å². The van der Waals surface area contributed by atoms with Crippen LogP contribution in [0.3, 0.4) is 0 Å². The van der Waals surface area contributed by atoms with Crippen molar-refractivity contribution in [2.45, 2.75) is 58.6 Å². The molecule has 2 aromatic heterocycles. The molecule has 1 aliphatic rings. The van der Waals surface area contributed by atoms with Crippen LogP contribution in [0.2, 0.25) is 0 Å². The molecule has 1 saturated heterocycles. The average Bonchev–Trinajstić information content (AvgIpc) is 3.18. The van der Waals surface area contributed by atoms with Gasteiger partial charge in [0.2, 0.25) is 5.91 Å². The quantitative estimate of drug-likeness (QED) is 0.900. The molecule has 3 rings (SSSR count). The van der Waals surface area contributed by atoms with Gasteiger partial charge in [0, 0.05) is 24.4 Å². The van der Waals surface area contributed by atoms with Crippen molar-refractivity contribution in [2.75, 3.05) is 6.61 Å². The van der Waals surface area contributed by atoms with Crippen LogP contribution in [0.1, 0.15) is 43.1 Å². The molecule has 2 atom stereocenters. The van der Waals surface area contributed by atoms with Crippen molar-refractivity contribution in [1.29, 1.82) is 0 Å². The van der Waals surface area contributed by atoms with Gasteiger partial charge in [-0.25, -0.2) is 9.50 Å². The van der Waals surface area contributed by atoms with Crippen LogP contribution in [0.4, 0.5) is 0 Å². The Morgan fingerprint density at radius 2 is 2.35 bits per heavy atom. The Balaban J connectivity index is 1.62.